The quantitative estimate of drug-likeness (QED) is 0.181. The summed E-state index contributed by atoms with van der Waals surface area (Å²) in [4.78, 5) is 26.5. The summed E-state index contributed by atoms with van der Waals surface area (Å²) < 4.78 is 22.8. The van der Waals surface area contributed by atoms with Crippen LogP contribution in [0.25, 0.3) is 0 Å². The summed E-state index contributed by atoms with van der Waals surface area (Å²) >= 11 is 2.01. The van der Waals surface area contributed by atoms with Crippen molar-refractivity contribution in [2.45, 2.75) is 20.4 Å². The number of nitrogen functional groups attached to an aromatic ring is 1. The molecular weight excluding hydrogens is 586 g/mol. The molecule has 1 amide bonds. The maximum absolute atomic E-state index is 14.7. The minimum atomic E-state index is -0.525. The van der Waals surface area contributed by atoms with E-state index in [1.54, 1.807) is 37.3 Å². The molecule has 37 heavy (non-hydrogen) atoms. The molecule has 0 atom stereocenters. The number of pyridine rings is 1. The van der Waals surface area contributed by atoms with E-state index in [-0.39, 0.29) is 29.4 Å². The Labute approximate surface area is 227 Å². The Balaban J connectivity index is 1.81. The fourth-order valence-corrected chi connectivity index (χ4v) is 4.13. The van der Waals surface area contributed by atoms with E-state index in [1.165, 1.54) is 23.7 Å². The van der Waals surface area contributed by atoms with Crippen LogP contribution in [0.15, 0.2) is 71.5 Å². The van der Waals surface area contributed by atoms with Gasteiger partial charge < -0.3 is 21.1 Å². The van der Waals surface area contributed by atoms with Crippen molar-refractivity contribution in [3.63, 3.8) is 0 Å². The standard InChI is InChI=1S/C28H26FIN4O3/c1-16-7-9-18(10-8-16)15-32-28(36)26-24(37-23-6-4-5-21(31)17(23)2)14-25(35)34(3)27(26)33-22-12-11-19(30)13-20(22)29/h4-14,33H,15,31H2,1-3H3,(H,32,36). The second-order valence-electron chi connectivity index (χ2n) is 8.62. The molecule has 4 aromatic rings. The highest BCUT2D eigenvalue weighted by atomic mass is 127. The fourth-order valence-electron chi connectivity index (χ4n) is 3.68. The first-order valence-corrected chi connectivity index (χ1v) is 12.5. The molecule has 0 radical (unpaired) electrons. The molecule has 7 nitrogen and oxygen atoms in total. The number of hydrogen-bond donors (Lipinski definition) is 3. The highest BCUT2D eigenvalue weighted by molar-refractivity contribution is 14.1. The molecule has 0 bridgehead atoms. The topological polar surface area (TPSA) is 98.4 Å². The molecule has 0 fully saturated rings. The average molecular weight is 612 g/mol. The smallest absolute Gasteiger partial charge is 0.259 e. The summed E-state index contributed by atoms with van der Waals surface area (Å²) in [5.74, 6) is -0.519. The summed E-state index contributed by atoms with van der Waals surface area (Å²) in [6, 6.07) is 18.8. The Bertz CT molecular complexity index is 1530. The van der Waals surface area contributed by atoms with E-state index in [4.69, 9.17) is 10.5 Å². The van der Waals surface area contributed by atoms with E-state index in [0.717, 1.165) is 11.1 Å². The van der Waals surface area contributed by atoms with Crippen LogP contribution < -0.4 is 26.7 Å². The predicted molar refractivity (Wildman–Crippen MR) is 152 cm³/mol. The summed E-state index contributed by atoms with van der Waals surface area (Å²) in [5.41, 5.74) is 8.92. The van der Waals surface area contributed by atoms with Crippen molar-refractivity contribution in [1.29, 1.82) is 0 Å². The number of nitrogens with zero attached hydrogens (tertiary/aromatic N) is 1. The first-order chi connectivity index (χ1) is 17.6. The zero-order valence-electron chi connectivity index (χ0n) is 20.6. The Hall–Kier alpha value is -3.86. The van der Waals surface area contributed by atoms with E-state index >= 15 is 0 Å². The molecule has 0 saturated carbocycles. The number of anilines is 3. The van der Waals surface area contributed by atoms with Gasteiger partial charge in [-0.2, -0.15) is 0 Å². The van der Waals surface area contributed by atoms with Gasteiger partial charge in [0.1, 0.15) is 28.7 Å². The molecule has 3 aromatic carbocycles. The molecule has 0 spiro atoms. The largest absolute Gasteiger partial charge is 0.456 e. The van der Waals surface area contributed by atoms with Crippen LogP contribution in [-0.2, 0) is 13.6 Å². The Morgan fingerprint density at radius 2 is 1.78 bits per heavy atom. The van der Waals surface area contributed by atoms with Gasteiger partial charge in [-0.3, -0.25) is 14.2 Å². The first kappa shape index (κ1) is 26.2. The Kier molecular flexibility index (Phi) is 7.82. The van der Waals surface area contributed by atoms with E-state index < -0.39 is 17.3 Å². The minimum Gasteiger partial charge on any atom is -0.456 e. The number of halogens is 2. The van der Waals surface area contributed by atoms with Gasteiger partial charge in [-0.25, -0.2) is 4.39 Å². The van der Waals surface area contributed by atoms with Gasteiger partial charge in [-0.15, -0.1) is 0 Å². The number of carbonyl (C=O) groups excluding carboxylic acids is 1. The molecule has 4 N–H and O–H groups in total. The van der Waals surface area contributed by atoms with Crippen molar-refractivity contribution in [2.75, 3.05) is 11.1 Å². The molecule has 190 valence electrons. The average Bonchev–Trinajstić information content (AvgIpc) is 2.86. The number of nitrogens with two attached hydrogens (primary N) is 1. The second-order valence-corrected chi connectivity index (χ2v) is 9.86. The monoisotopic (exact) mass is 612 g/mol. The molecule has 0 aliphatic heterocycles. The number of nitrogens with one attached hydrogen (secondary N) is 2. The van der Waals surface area contributed by atoms with Crippen LogP contribution in [-0.4, -0.2) is 10.5 Å². The lowest BCUT2D eigenvalue weighted by atomic mass is 10.1. The number of benzene rings is 3. The van der Waals surface area contributed by atoms with Crippen LogP contribution >= 0.6 is 22.6 Å². The Morgan fingerprint density at radius 3 is 2.49 bits per heavy atom. The van der Waals surface area contributed by atoms with Gasteiger partial charge in [0.15, 0.2) is 0 Å². The van der Waals surface area contributed by atoms with E-state index in [2.05, 4.69) is 10.6 Å². The maximum Gasteiger partial charge on any atom is 0.259 e. The van der Waals surface area contributed by atoms with Gasteiger partial charge in [-0.1, -0.05) is 35.9 Å². The number of aromatic nitrogens is 1. The van der Waals surface area contributed by atoms with Gasteiger partial charge in [-0.05, 0) is 72.3 Å². The number of ether oxygens (including phenoxy) is 1. The van der Waals surface area contributed by atoms with Gasteiger partial charge in [0.2, 0.25) is 0 Å². The highest BCUT2D eigenvalue weighted by Gasteiger charge is 2.24. The number of carbonyl (C=O) groups is 1. The molecule has 1 heterocycles. The van der Waals surface area contributed by atoms with E-state index in [9.17, 15) is 14.0 Å². The minimum absolute atomic E-state index is 0.0200. The van der Waals surface area contributed by atoms with Crippen LogP contribution in [0, 0.1) is 23.2 Å². The first-order valence-electron chi connectivity index (χ1n) is 11.5. The summed E-state index contributed by atoms with van der Waals surface area (Å²) in [5, 5.41) is 5.82. The molecule has 1 aromatic heterocycles. The third kappa shape index (κ3) is 5.93. The zero-order chi connectivity index (χ0) is 26.7. The SMILES string of the molecule is Cc1ccc(CNC(=O)c2c(Oc3cccc(N)c3C)cc(=O)n(C)c2Nc2ccc(I)cc2F)cc1. The lowest BCUT2D eigenvalue weighted by Crippen LogP contribution is -2.29. The van der Waals surface area contributed by atoms with Crippen LogP contribution in [0.1, 0.15) is 27.0 Å². The van der Waals surface area contributed by atoms with Gasteiger partial charge >= 0.3 is 0 Å². The molecule has 0 unspecified atom stereocenters. The second kappa shape index (κ2) is 11.0. The number of rotatable bonds is 7. The number of aryl methyl sites for hydroxylation is 1. The lowest BCUT2D eigenvalue weighted by Gasteiger charge is -2.20. The van der Waals surface area contributed by atoms with Crippen molar-refractivity contribution in [3.8, 4) is 11.5 Å². The van der Waals surface area contributed by atoms with Crippen LogP contribution in [0.5, 0.6) is 11.5 Å². The summed E-state index contributed by atoms with van der Waals surface area (Å²) in [7, 11) is 1.50. The van der Waals surface area contributed by atoms with Gasteiger partial charge in [0, 0.05) is 34.5 Å². The molecule has 9 heteroatoms. The maximum atomic E-state index is 14.7. The molecule has 4 rings (SSSR count). The van der Waals surface area contributed by atoms with Crippen molar-refractivity contribution in [1.82, 2.24) is 9.88 Å². The summed E-state index contributed by atoms with van der Waals surface area (Å²) in [6.45, 7) is 4.01. The fraction of sp³-hybridized carbons (Fsp3) is 0.143. The Morgan fingerprint density at radius 1 is 1.05 bits per heavy atom. The van der Waals surface area contributed by atoms with Crippen molar-refractivity contribution in [3.05, 3.63) is 109 Å². The van der Waals surface area contributed by atoms with Crippen molar-refractivity contribution >= 4 is 45.7 Å². The third-order valence-electron chi connectivity index (χ3n) is 5.93. The number of hydrogen-bond acceptors (Lipinski definition) is 5. The predicted octanol–water partition coefficient (Wildman–Crippen LogP) is 5.79. The highest BCUT2D eigenvalue weighted by Crippen LogP contribution is 2.34. The lowest BCUT2D eigenvalue weighted by molar-refractivity contribution is 0.0948. The number of amides is 1. The van der Waals surface area contributed by atoms with E-state index in [0.29, 0.717) is 20.6 Å². The molecule has 0 saturated heterocycles. The van der Waals surface area contributed by atoms with E-state index in [1.807, 2.05) is 53.8 Å². The van der Waals surface area contributed by atoms with Crippen LogP contribution in [0.2, 0.25) is 0 Å². The third-order valence-corrected chi connectivity index (χ3v) is 6.61. The normalized spacial score (nSPS) is 10.7. The van der Waals surface area contributed by atoms with Crippen molar-refractivity contribution < 1.29 is 13.9 Å². The summed E-state index contributed by atoms with van der Waals surface area (Å²) in [6.07, 6.45) is 0. The van der Waals surface area contributed by atoms with Gasteiger partial charge in [0.25, 0.3) is 11.5 Å². The van der Waals surface area contributed by atoms with Crippen molar-refractivity contribution in [2.24, 2.45) is 7.05 Å². The molecular formula is C28H26FIN4O3. The molecule has 0 aliphatic rings. The van der Waals surface area contributed by atoms with Crippen LogP contribution in [0.4, 0.5) is 21.6 Å². The van der Waals surface area contributed by atoms with Crippen LogP contribution in [0.3, 0.4) is 0 Å². The zero-order valence-corrected chi connectivity index (χ0v) is 22.7. The van der Waals surface area contributed by atoms with Gasteiger partial charge in [0.05, 0.1) is 5.69 Å². The molecule has 0 aliphatic carbocycles.